The van der Waals surface area contributed by atoms with Crippen LogP contribution in [0.15, 0.2) is 54.6 Å². The van der Waals surface area contributed by atoms with Crippen LogP contribution < -0.4 is 14.8 Å². The lowest BCUT2D eigenvalue weighted by Crippen LogP contribution is -2.47. The summed E-state index contributed by atoms with van der Waals surface area (Å²) in [4.78, 5) is 26.9. The van der Waals surface area contributed by atoms with Gasteiger partial charge in [-0.25, -0.2) is 0 Å². The fourth-order valence-corrected chi connectivity index (χ4v) is 2.95. The van der Waals surface area contributed by atoms with Gasteiger partial charge in [-0.1, -0.05) is 30.3 Å². The number of nitrogens with zero attached hydrogens (tertiary/aromatic N) is 1. The van der Waals surface area contributed by atoms with E-state index in [1.54, 1.807) is 18.9 Å². The zero-order valence-electron chi connectivity index (χ0n) is 17.4. The number of hydrogen-bond acceptors (Lipinski definition) is 4. The van der Waals surface area contributed by atoms with Gasteiger partial charge in [-0.2, -0.15) is 0 Å². The average molecular weight is 399 g/mol. The molecule has 0 aliphatic rings. The fraction of sp³-hybridized carbons (Fsp3) is 0.391. The lowest BCUT2D eigenvalue weighted by atomic mass is 10.1. The van der Waals surface area contributed by atoms with E-state index in [4.69, 9.17) is 9.47 Å². The molecule has 0 radical (unpaired) electrons. The highest BCUT2D eigenvalue weighted by Gasteiger charge is 2.25. The zero-order valence-corrected chi connectivity index (χ0v) is 17.4. The van der Waals surface area contributed by atoms with E-state index in [9.17, 15) is 9.59 Å². The molecule has 6 nitrogen and oxygen atoms in total. The Morgan fingerprint density at radius 3 is 2.48 bits per heavy atom. The number of carbonyl (C=O) groups is 2. The van der Waals surface area contributed by atoms with Gasteiger partial charge in [0.25, 0.3) is 0 Å². The third-order valence-corrected chi connectivity index (χ3v) is 4.55. The molecule has 0 aromatic heterocycles. The quantitative estimate of drug-likeness (QED) is 0.589. The second kappa shape index (κ2) is 11.7. The Bertz CT molecular complexity index is 779. The normalized spacial score (nSPS) is 11.4. The summed E-state index contributed by atoms with van der Waals surface area (Å²) < 4.78 is 10.9. The summed E-state index contributed by atoms with van der Waals surface area (Å²) in [6.45, 7) is 4.92. The Hall–Kier alpha value is -3.02. The maximum Gasteiger partial charge on any atom is 0.242 e. The van der Waals surface area contributed by atoms with Crippen molar-refractivity contribution < 1.29 is 19.1 Å². The Kier molecular flexibility index (Phi) is 9.02. The third kappa shape index (κ3) is 7.14. The van der Waals surface area contributed by atoms with Gasteiger partial charge in [0.2, 0.25) is 11.8 Å². The number of likely N-dealkylation sites (N-methyl/N-ethyl adjacent to an activating group) is 1. The molecule has 2 aromatic rings. The Labute approximate surface area is 172 Å². The van der Waals surface area contributed by atoms with Crippen LogP contribution in [-0.4, -0.2) is 43.0 Å². The first-order valence-electron chi connectivity index (χ1n) is 9.93. The minimum absolute atomic E-state index is 0.0803. The van der Waals surface area contributed by atoms with Crippen LogP contribution in [0.2, 0.25) is 0 Å². The molecule has 0 heterocycles. The van der Waals surface area contributed by atoms with Crippen LogP contribution in [0.25, 0.3) is 0 Å². The van der Waals surface area contributed by atoms with Gasteiger partial charge in [-0.3, -0.25) is 9.59 Å². The first-order chi connectivity index (χ1) is 14.0. The largest absolute Gasteiger partial charge is 0.497 e. The van der Waals surface area contributed by atoms with Gasteiger partial charge in [0, 0.05) is 19.5 Å². The van der Waals surface area contributed by atoms with E-state index in [1.165, 1.54) is 0 Å². The zero-order chi connectivity index (χ0) is 21.1. The number of hydrogen-bond donors (Lipinski definition) is 1. The molecule has 156 valence electrons. The molecule has 6 heteroatoms. The third-order valence-electron chi connectivity index (χ3n) is 4.55. The lowest BCUT2D eigenvalue weighted by Gasteiger charge is -2.29. The predicted molar refractivity (Wildman–Crippen MR) is 113 cm³/mol. The summed E-state index contributed by atoms with van der Waals surface area (Å²) in [5.41, 5.74) is 0.911. The number of rotatable bonds is 11. The Morgan fingerprint density at radius 2 is 1.79 bits per heavy atom. The maximum absolute atomic E-state index is 12.9. The van der Waals surface area contributed by atoms with Crippen molar-refractivity contribution in [3.05, 3.63) is 60.2 Å². The van der Waals surface area contributed by atoms with Gasteiger partial charge in [-0.15, -0.1) is 0 Å². The van der Waals surface area contributed by atoms with Gasteiger partial charge >= 0.3 is 0 Å². The molecule has 2 rings (SSSR count). The number of carbonyl (C=O) groups excluding carboxylic acids is 2. The number of para-hydroxylation sites is 1. The predicted octanol–water partition coefficient (Wildman–Crippen LogP) is 3.41. The Morgan fingerprint density at radius 1 is 1.07 bits per heavy atom. The lowest BCUT2D eigenvalue weighted by molar-refractivity contribution is -0.140. The first-order valence-corrected chi connectivity index (χ1v) is 9.93. The first kappa shape index (κ1) is 22.3. The Balaban J connectivity index is 2.00. The van der Waals surface area contributed by atoms with Crippen LogP contribution in [0.3, 0.4) is 0 Å². The topological polar surface area (TPSA) is 67.9 Å². The monoisotopic (exact) mass is 398 g/mol. The molecular weight excluding hydrogens is 368 g/mol. The van der Waals surface area contributed by atoms with Crippen LogP contribution in [0.1, 0.15) is 32.3 Å². The van der Waals surface area contributed by atoms with Crippen molar-refractivity contribution in [1.82, 2.24) is 10.2 Å². The van der Waals surface area contributed by atoms with E-state index in [2.05, 4.69) is 5.32 Å². The van der Waals surface area contributed by atoms with Crippen molar-refractivity contribution in [3.63, 3.8) is 0 Å². The second-order valence-electron chi connectivity index (χ2n) is 6.71. The second-order valence-corrected chi connectivity index (χ2v) is 6.71. The SMILES string of the molecule is CCNC(=O)[C@@H](C)N(Cc1cccc(OC)c1)C(=O)CCCOc1ccccc1. The molecule has 1 N–H and O–H groups in total. The highest BCUT2D eigenvalue weighted by molar-refractivity contribution is 5.87. The molecule has 0 saturated heterocycles. The molecule has 0 fully saturated rings. The van der Waals surface area contributed by atoms with Gasteiger partial charge in [-0.05, 0) is 50.1 Å². The summed E-state index contributed by atoms with van der Waals surface area (Å²) in [5, 5.41) is 2.80. The van der Waals surface area contributed by atoms with Crippen molar-refractivity contribution in [2.75, 3.05) is 20.3 Å². The van der Waals surface area contributed by atoms with E-state index >= 15 is 0 Å². The van der Waals surface area contributed by atoms with E-state index in [0.29, 0.717) is 32.5 Å². The van der Waals surface area contributed by atoms with E-state index in [-0.39, 0.29) is 11.8 Å². The van der Waals surface area contributed by atoms with Crippen LogP contribution in [0.5, 0.6) is 11.5 Å². The molecule has 2 aromatic carbocycles. The van der Waals surface area contributed by atoms with Gasteiger partial charge in [0.15, 0.2) is 0 Å². The molecule has 1 atom stereocenters. The fourth-order valence-electron chi connectivity index (χ4n) is 2.95. The molecule has 29 heavy (non-hydrogen) atoms. The molecule has 0 spiro atoms. The van der Waals surface area contributed by atoms with Crippen molar-refractivity contribution in [3.8, 4) is 11.5 Å². The van der Waals surface area contributed by atoms with Crippen molar-refractivity contribution in [2.45, 2.75) is 39.3 Å². The molecular formula is C23H30N2O4. The van der Waals surface area contributed by atoms with Gasteiger partial charge < -0.3 is 19.7 Å². The summed E-state index contributed by atoms with van der Waals surface area (Å²) in [6, 6.07) is 16.5. The average Bonchev–Trinajstić information content (AvgIpc) is 2.75. The number of methoxy groups -OCH3 is 1. The van der Waals surface area contributed by atoms with Crippen LogP contribution in [0.4, 0.5) is 0 Å². The van der Waals surface area contributed by atoms with Gasteiger partial charge in [0.1, 0.15) is 17.5 Å². The molecule has 0 aliphatic carbocycles. The smallest absolute Gasteiger partial charge is 0.242 e. The summed E-state index contributed by atoms with van der Waals surface area (Å²) in [5.74, 6) is 1.26. The van der Waals surface area contributed by atoms with Gasteiger partial charge in [0.05, 0.1) is 13.7 Å². The molecule has 0 bridgehead atoms. The summed E-state index contributed by atoms with van der Waals surface area (Å²) >= 11 is 0. The van der Waals surface area contributed by atoms with Crippen molar-refractivity contribution >= 4 is 11.8 Å². The van der Waals surface area contributed by atoms with E-state index < -0.39 is 6.04 Å². The molecule has 0 unspecified atom stereocenters. The molecule has 2 amide bonds. The maximum atomic E-state index is 12.9. The number of benzene rings is 2. The van der Waals surface area contributed by atoms with E-state index in [1.807, 2.05) is 61.5 Å². The number of amides is 2. The number of nitrogens with one attached hydrogen (secondary N) is 1. The summed E-state index contributed by atoms with van der Waals surface area (Å²) in [7, 11) is 1.60. The highest BCUT2D eigenvalue weighted by atomic mass is 16.5. The minimum Gasteiger partial charge on any atom is -0.497 e. The van der Waals surface area contributed by atoms with Crippen molar-refractivity contribution in [1.29, 1.82) is 0 Å². The molecule has 0 saturated carbocycles. The van der Waals surface area contributed by atoms with E-state index in [0.717, 1.165) is 17.1 Å². The summed E-state index contributed by atoms with van der Waals surface area (Å²) in [6.07, 6.45) is 0.880. The highest BCUT2D eigenvalue weighted by Crippen LogP contribution is 2.17. The van der Waals surface area contributed by atoms with Crippen LogP contribution in [0, 0.1) is 0 Å². The molecule has 0 aliphatic heterocycles. The van der Waals surface area contributed by atoms with Crippen molar-refractivity contribution in [2.24, 2.45) is 0 Å². The standard InChI is InChI=1S/C23H30N2O4/c1-4-24-23(27)18(2)25(17-19-10-8-13-21(16-19)28-3)22(26)14-9-15-29-20-11-6-5-7-12-20/h5-8,10-13,16,18H,4,9,14-15,17H2,1-3H3,(H,24,27)/t18-/m1/s1. The van der Waals surface area contributed by atoms with Crippen LogP contribution in [-0.2, 0) is 16.1 Å². The minimum atomic E-state index is -0.566. The van der Waals surface area contributed by atoms with Crippen LogP contribution >= 0.6 is 0 Å². The number of ether oxygens (including phenoxy) is 2.